The molecule has 0 fully saturated rings. The van der Waals surface area contributed by atoms with Crippen LogP contribution in [0.4, 0.5) is 16.2 Å². The van der Waals surface area contributed by atoms with Gasteiger partial charge in [-0.15, -0.1) is 0 Å². The van der Waals surface area contributed by atoms with Crippen LogP contribution < -0.4 is 10.6 Å². The fourth-order valence-corrected chi connectivity index (χ4v) is 3.18. The first kappa shape index (κ1) is 19.5. The molecular weight excluding hydrogens is 350 g/mol. The Kier molecular flexibility index (Phi) is 6.30. The van der Waals surface area contributed by atoms with Crippen LogP contribution in [0, 0.1) is 11.3 Å². The van der Waals surface area contributed by atoms with Crippen LogP contribution in [0.1, 0.15) is 19.4 Å². The van der Waals surface area contributed by atoms with Gasteiger partial charge in [-0.05, 0) is 61.6 Å². The number of rotatable bonds is 7. The van der Waals surface area contributed by atoms with Gasteiger partial charge < -0.3 is 20.1 Å². The zero-order chi connectivity index (χ0) is 19.9. The molecule has 1 aromatic heterocycles. The van der Waals surface area contributed by atoms with E-state index in [4.69, 9.17) is 5.26 Å². The highest BCUT2D eigenvalue weighted by atomic mass is 16.2. The van der Waals surface area contributed by atoms with E-state index in [2.05, 4.69) is 52.3 Å². The van der Waals surface area contributed by atoms with Crippen molar-refractivity contribution in [3.05, 3.63) is 60.3 Å². The van der Waals surface area contributed by atoms with Crippen molar-refractivity contribution in [3.8, 4) is 6.07 Å². The number of likely N-dealkylation sites (N-methyl/N-ethyl adjacent to an activating group) is 1. The topological polar surface area (TPSA) is 73.1 Å². The molecule has 0 bridgehead atoms. The van der Waals surface area contributed by atoms with E-state index in [1.54, 1.807) is 24.3 Å². The molecule has 0 saturated carbocycles. The van der Waals surface area contributed by atoms with Crippen molar-refractivity contribution in [1.82, 2.24) is 9.47 Å². The summed E-state index contributed by atoms with van der Waals surface area (Å²) in [4.78, 5) is 14.6. The lowest BCUT2D eigenvalue weighted by Gasteiger charge is -2.18. The molecule has 0 saturated heterocycles. The summed E-state index contributed by atoms with van der Waals surface area (Å²) in [6, 6.07) is 16.5. The fourth-order valence-electron chi connectivity index (χ4n) is 3.18. The second-order valence-corrected chi connectivity index (χ2v) is 6.58. The van der Waals surface area contributed by atoms with Crippen LogP contribution in [0.2, 0.25) is 0 Å². The Morgan fingerprint density at radius 1 is 1.04 bits per heavy atom. The molecular formula is C22H25N5O. The lowest BCUT2D eigenvalue weighted by atomic mass is 10.2. The van der Waals surface area contributed by atoms with Gasteiger partial charge in [-0.3, -0.25) is 0 Å². The molecule has 0 spiro atoms. The molecule has 144 valence electrons. The van der Waals surface area contributed by atoms with Crippen LogP contribution in [-0.2, 0) is 6.54 Å². The molecule has 0 unspecified atom stereocenters. The average Bonchev–Trinajstić information content (AvgIpc) is 3.11. The van der Waals surface area contributed by atoms with Crippen LogP contribution in [-0.4, -0.2) is 35.1 Å². The molecule has 1 heterocycles. The van der Waals surface area contributed by atoms with Crippen molar-refractivity contribution in [3.63, 3.8) is 0 Å². The molecule has 6 heteroatoms. The maximum absolute atomic E-state index is 12.2. The number of benzene rings is 2. The maximum atomic E-state index is 12.2. The van der Waals surface area contributed by atoms with Gasteiger partial charge in [-0.25, -0.2) is 4.79 Å². The van der Waals surface area contributed by atoms with Gasteiger partial charge in [0.05, 0.1) is 11.6 Å². The fraction of sp³-hybridized carbons (Fsp3) is 0.273. The van der Waals surface area contributed by atoms with Crippen LogP contribution in [0.15, 0.2) is 54.7 Å². The number of nitriles is 1. The summed E-state index contributed by atoms with van der Waals surface area (Å²) in [6.45, 7) is 8.42. The summed E-state index contributed by atoms with van der Waals surface area (Å²) >= 11 is 0. The van der Waals surface area contributed by atoms with Crippen molar-refractivity contribution >= 4 is 28.3 Å². The molecule has 28 heavy (non-hydrogen) atoms. The van der Waals surface area contributed by atoms with Gasteiger partial charge in [-0.2, -0.15) is 5.26 Å². The standard InChI is InChI=1S/C22H25N5O/c1-3-26(4-2)13-14-27-12-11-18-15-20(9-10-21(18)27)25-22(28)24-19-7-5-17(16-23)6-8-19/h5-12,15H,3-4,13-14H2,1-2H3,(H2,24,25,28). The normalized spacial score (nSPS) is 10.8. The Morgan fingerprint density at radius 2 is 1.71 bits per heavy atom. The van der Waals surface area contributed by atoms with Gasteiger partial charge in [0.25, 0.3) is 0 Å². The zero-order valence-corrected chi connectivity index (χ0v) is 16.3. The molecule has 3 rings (SSSR count). The SMILES string of the molecule is CCN(CC)CCn1ccc2cc(NC(=O)Nc3ccc(C#N)cc3)ccc21. The van der Waals surface area contributed by atoms with E-state index in [9.17, 15) is 4.79 Å². The summed E-state index contributed by atoms with van der Waals surface area (Å²) < 4.78 is 2.24. The van der Waals surface area contributed by atoms with Gasteiger partial charge in [0.2, 0.25) is 0 Å². The third kappa shape index (κ3) is 4.70. The molecule has 2 N–H and O–H groups in total. The number of hydrogen-bond donors (Lipinski definition) is 2. The summed E-state index contributed by atoms with van der Waals surface area (Å²) in [7, 11) is 0. The van der Waals surface area contributed by atoms with Crippen molar-refractivity contribution in [2.75, 3.05) is 30.3 Å². The monoisotopic (exact) mass is 375 g/mol. The smallest absolute Gasteiger partial charge is 0.323 e. The van der Waals surface area contributed by atoms with Crippen LogP contribution in [0.3, 0.4) is 0 Å². The van der Waals surface area contributed by atoms with Gasteiger partial charge >= 0.3 is 6.03 Å². The number of amides is 2. The highest BCUT2D eigenvalue weighted by Gasteiger charge is 2.07. The van der Waals surface area contributed by atoms with Crippen molar-refractivity contribution in [2.45, 2.75) is 20.4 Å². The first-order chi connectivity index (χ1) is 13.6. The summed E-state index contributed by atoms with van der Waals surface area (Å²) in [6.07, 6.45) is 2.09. The lowest BCUT2D eigenvalue weighted by molar-refractivity contribution is 0.262. The van der Waals surface area contributed by atoms with Crippen LogP contribution in [0.25, 0.3) is 10.9 Å². The predicted octanol–water partition coefficient (Wildman–Crippen LogP) is 4.50. The minimum absolute atomic E-state index is 0.315. The number of nitrogens with zero attached hydrogens (tertiary/aromatic N) is 3. The first-order valence-corrected chi connectivity index (χ1v) is 9.52. The second-order valence-electron chi connectivity index (χ2n) is 6.58. The largest absolute Gasteiger partial charge is 0.346 e. The van der Waals surface area contributed by atoms with Gasteiger partial charge in [0.15, 0.2) is 0 Å². The predicted molar refractivity (Wildman–Crippen MR) is 114 cm³/mol. The Morgan fingerprint density at radius 3 is 2.39 bits per heavy atom. The summed E-state index contributed by atoms with van der Waals surface area (Å²) in [5, 5.41) is 15.5. The average molecular weight is 375 g/mol. The number of hydrogen-bond acceptors (Lipinski definition) is 3. The van der Waals surface area contributed by atoms with Gasteiger partial charge in [0.1, 0.15) is 0 Å². The Labute approximate surface area is 165 Å². The molecule has 6 nitrogen and oxygen atoms in total. The molecule has 0 aliphatic rings. The highest BCUT2D eigenvalue weighted by molar-refractivity contribution is 6.01. The number of nitrogens with one attached hydrogen (secondary N) is 2. The lowest BCUT2D eigenvalue weighted by Crippen LogP contribution is -2.26. The third-order valence-electron chi connectivity index (χ3n) is 4.85. The van der Waals surface area contributed by atoms with E-state index in [1.165, 1.54) is 0 Å². The van der Waals surface area contributed by atoms with Crippen molar-refractivity contribution in [1.29, 1.82) is 5.26 Å². The number of aromatic nitrogens is 1. The van der Waals surface area contributed by atoms with E-state index in [-0.39, 0.29) is 6.03 Å². The molecule has 3 aromatic rings. The number of carbonyl (C=O) groups is 1. The minimum Gasteiger partial charge on any atom is -0.346 e. The van der Waals surface area contributed by atoms with Crippen molar-refractivity contribution in [2.24, 2.45) is 0 Å². The third-order valence-corrected chi connectivity index (χ3v) is 4.85. The first-order valence-electron chi connectivity index (χ1n) is 9.52. The highest BCUT2D eigenvalue weighted by Crippen LogP contribution is 2.21. The van der Waals surface area contributed by atoms with Crippen LogP contribution in [0.5, 0.6) is 0 Å². The van der Waals surface area contributed by atoms with E-state index in [0.29, 0.717) is 11.3 Å². The Balaban J connectivity index is 1.64. The van der Waals surface area contributed by atoms with Crippen molar-refractivity contribution < 1.29 is 4.79 Å². The Bertz CT molecular complexity index is 980. The molecule has 0 atom stereocenters. The molecule has 2 aromatic carbocycles. The van der Waals surface area contributed by atoms with E-state index in [0.717, 1.165) is 42.8 Å². The number of anilines is 2. The molecule has 0 radical (unpaired) electrons. The molecule has 0 aliphatic heterocycles. The Hall–Kier alpha value is -3.30. The molecule has 2 amide bonds. The zero-order valence-electron chi connectivity index (χ0n) is 16.3. The van der Waals surface area contributed by atoms with Gasteiger partial charge in [-0.1, -0.05) is 13.8 Å². The maximum Gasteiger partial charge on any atom is 0.323 e. The quantitative estimate of drug-likeness (QED) is 0.639. The number of urea groups is 1. The number of carbonyl (C=O) groups excluding carboxylic acids is 1. The van der Waals surface area contributed by atoms with Crippen LogP contribution >= 0.6 is 0 Å². The number of fused-ring (bicyclic) bond motifs is 1. The minimum atomic E-state index is -0.315. The van der Waals surface area contributed by atoms with E-state index < -0.39 is 0 Å². The van der Waals surface area contributed by atoms with E-state index in [1.807, 2.05) is 18.2 Å². The summed E-state index contributed by atoms with van der Waals surface area (Å²) in [5.74, 6) is 0. The summed E-state index contributed by atoms with van der Waals surface area (Å²) in [5.41, 5.74) is 3.09. The molecule has 0 aliphatic carbocycles. The second kappa shape index (κ2) is 9.07. The van der Waals surface area contributed by atoms with E-state index >= 15 is 0 Å². The van der Waals surface area contributed by atoms with Gasteiger partial charge in [0, 0.05) is 41.6 Å².